The second-order valence-electron chi connectivity index (χ2n) is 6.37. The van der Waals surface area contributed by atoms with Crippen LogP contribution in [0.3, 0.4) is 0 Å². The molecule has 0 fully saturated rings. The van der Waals surface area contributed by atoms with Gasteiger partial charge < -0.3 is 23.7 Å². The number of nitriles is 1. The number of carboxylic acid groups (broad SMARTS) is 1. The number of benzene rings is 1. The van der Waals surface area contributed by atoms with E-state index in [0.29, 0.717) is 16.5 Å². The highest BCUT2D eigenvalue weighted by Crippen LogP contribution is 2.35. The number of fused-ring (bicyclic) bond motifs is 3. The van der Waals surface area contributed by atoms with Crippen molar-refractivity contribution in [2.75, 3.05) is 19.8 Å². The van der Waals surface area contributed by atoms with Gasteiger partial charge in [-0.1, -0.05) is 18.2 Å². The van der Waals surface area contributed by atoms with Gasteiger partial charge in [-0.3, -0.25) is 4.79 Å². The number of aromatic nitrogens is 1. The third-order valence-corrected chi connectivity index (χ3v) is 4.39. The first kappa shape index (κ1) is 20.0. The number of carboxylic acids is 1. The highest BCUT2D eigenvalue weighted by atomic mass is 16.5. The quantitative estimate of drug-likeness (QED) is 0.582. The maximum atomic E-state index is 12.6. The Hall–Kier alpha value is -3.73. The molecular formula is C21H20N2O6. The van der Waals surface area contributed by atoms with Crippen molar-refractivity contribution in [3.8, 4) is 17.6 Å². The highest BCUT2D eigenvalue weighted by Gasteiger charge is 2.22. The van der Waals surface area contributed by atoms with Gasteiger partial charge in [0.2, 0.25) is 0 Å². The summed E-state index contributed by atoms with van der Waals surface area (Å²) in [4.78, 5) is 23.7. The summed E-state index contributed by atoms with van der Waals surface area (Å²) in [5, 5.41) is 18.7. The van der Waals surface area contributed by atoms with E-state index in [-0.39, 0.29) is 31.3 Å². The molecule has 8 heteroatoms. The minimum Gasteiger partial charge on any atom is -0.489 e. The number of carbonyl (C=O) groups is 2. The standard InChI is InChI=1S/C21H20N2O6/c1-3-27-21(26)19-14-6-4-5-7-15(14)23-11-18(28-9-8-22)17(10-16(19)23)29-12-13(2)20(24)25/h4-7,10-11,13H,3,9,12H2,1-2H3,(H,24,25). The molecule has 150 valence electrons. The van der Waals surface area contributed by atoms with Crippen LogP contribution in [0.25, 0.3) is 16.4 Å². The van der Waals surface area contributed by atoms with Crippen molar-refractivity contribution < 1.29 is 28.9 Å². The molecule has 1 atom stereocenters. The molecule has 0 amide bonds. The number of para-hydroxylation sites is 1. The number of aliphatic carboxylic acids is 1. The van der Waals surface area contributed by atoms with Crippen LogP contribution in [0.4, 0.5) is 0 Å². The predicted molar refractivity (Wildman–Crippen MR) is 104 cm³/mol. The number of pyridine rings is 1. The minimum absolute atomic E-state index is 0.0939. The van der Waals surface area contributed by atoms with Crippen LogP contribution in [-0.4, -0.2) is 41.3 Å². The lowest BCUT2D eigenvalue weighted by Gasteiger charge is -2.14. The summed E-state index contributed by atoms with van der Waals surface area (Å²) in [5.41, 5.74) is 1.68. The summed E-state index contributed by atoms with van der Waals surface area (Å²) in [5.74, 6) is -1.69. The van der Waals surface area contributed by atoms with Gasteiger partial charge in [-0.2, -0.15) is 5.26 Å². The van der Waals surface area contributed by atoms with Gasteiger partial charge in [0.1, 0.15) is 12.7 Å². The van der Waals surface area contributed by atoms with E-state index in [1.165, 1.54) is 6.92 Å². The first-order valence-corrected chi connectivity index (χ1v) is 9.07. The van der Waals surface area contributed by atoms with Crippen LogP contribution in [-0.2, 0) is 9.53 Å². The van der Waals surface area contributed by atoms with Crippen molar-refractivity contribution in [1.29, 1.82) is 5.26 Å². The van der Waals surface area contributed by atoms with Crippen LogP contribution in [0, 0.1) is 17.2 Å². The maximum absolute atomic E-state index is 12.6. The monoisotopic (exact) mass is 396 g/mol. The molecule has 0 aliphatic carbocycles. The molecule has 3 rings (SSSR count). The van der Waals surface area contributed by atoms with E-state index < -0.39 is 17.9 Å². The lowest BCUT2D eigenvalue weighted by atomic mass is 10.1. The summed E-state index contributed by atoms with van der Waals surface area (Å²) in [6.45, 7) is 3.18. The molecule has 8 nitrogen and oxygen atoms in total. The molecule has 1 N–H and O–H groups in total. The van der Waals surface area contributed by atoms with Gasteiger partial charge in [-0.05, 0) is 19.9 Å². The zero-order valence-corrected chi connectivity index (χ0v) is 16.0. The van der Waals surface area contributed by atoms with Crippen LogP contribution in [0.5, 0.6) is 11.5 Å². The maximum Gasteiger partial charge on any atom is 0.340 e. The second-order valence-corrected chi connectivity index (χ2v) is 6.37. The van der Waals surface area contributed by atoms with E-state index in [0.717, 1.165) is 5.52 Å². The van der Waals surface area contributed by atoms with Gasteiger partial charge in [-0.15, -0.1) is 0 Å². The minimum atomic E-state index is -0.994. The van der Waals surface area contributed by atoms with Crippen LogP contribution >= 0.6 is 0 Å². The van der Waals surface area contributed by atoms with E-state index in [9.17, 15) is 9.59 Å². The van der Waals surface area contributed by atoms with E-state index in [4.69, 9.17) is 24.6 Å². The van der Waals surface area contributed by atoms with Gasteiger partial charge in [0, 0.05) is 11.5 Å². The molecule has 0 saturated carbocycles. The SMILES string of the molecule is CCOC(=O)c1c2ccccc2n2cc(OCC#N)c(OCC(C)C(=O)O)cc12. The Balaban J connectivity index is 2.19. The summed E-state index contributed by atoms with van der Waals surface area (Å²) in [6.07, 6.45) is 1.62. The van der Waals surface area contributed by atoms with Gasteiger partial charge in [0.05, 0.1) is 35.3 Å². The zero-order chi connectivity index (χ0) is 21.0. The van der Waals surface area contributed by atoms with E-state index in [2.05, 4.69) is 0 Å². The summed E-state index contributed by atoms with van der Waals surface area (Å²) in [6, 6.07) is 10.8. The van der Waals surface area contributed by atoms with Gasteiger partial charge in [-0.25, -0.2) is 4.79 Å². The molecule has 1 aromatic carbocycles. The third-order valence-electron chi connectivity index (χ3n) is 4.39. The highest BCUT2D eigenvalue weighted by molar-refractivity contribution is 6.12. The first-order chi connectivity index (χ1) is 14.0. The molecule has 0 saturated heterocycles. The van der Waals surface area contributed by atoms with Crippen LogP contribution in [0.2, 0.25) is 0 Å². The largest absolute Gasteiger partial charge is 0.489 e. The molecule has 0 spiro atoms. The summed E-state index contributed by atoms with van der Waals surface area (Å²) >= 11 is 0. The zero-order valence-electron chi connectivity index (χ0n) is 16.0. The first-order valence-electron chi connectivity index (χ1n) is 9.07. The van der Waals surface area contributed by atoms with Crippen LogP contribution < -0.4 is 9.47 Å². The normalized spacial score (nSPS) is 11.8. The number of nitrogens with zero attached hydrogens (tertiary/aromatic N) is 2. The molecular weight excluding hydrogens is 376 g/mol. The van der Waals surface area contributed by atoms with Crippen molar-refractivity contribution in [1.82, 2.24) is 4.40 Å². The molecule has 0 aliphatic heterocycles. The van der Waals surface area contributed by atoms with Crippen molar-refractivity contribution in [2.24, 2.45) is 5.92 Å². The lowest BCUT2D eigenvalue weighted by molar-refractivity contribution is -0.142. The Morgan fingerprint density at radius 1 is 1.21 bits per heavy atom. The molecule has 1 unspecified atom stereocenters. The van der Waals surface area contributed by atoms with Crippen molar-refractivity contribution >= 4 is 28.4 Å². The van der Waals surface area contributed by atoms with Crippen LogP contribution in [0.1, 0.15) is 24.2 Å². The fourth-order valence-electron chi connectivity index (χ4n) is 2.98. The summed E-state index contributed by atoms with van der Waals surface area (Å²) < 4.78 is 18.1. The number of hydrogen-bond donors (Lipinski definition) is 1. The molecule has 0 radical (unpaired) electrons. The molecule has 0 aliphatic rings. The average Bonchev–Trinajstić information content (AvgIpc) is 3.03. The van der Waals surface area contributed by atoms with Crippen molar-refractivity contribution in [2.45, 2.75) is 13.8 Å². The van der Waals surface area contributed by atoms with Crippen LogP contribution in [0.15, 0.2) is 36.5 Å². The molecule has 2 heterocycles. The van der Waals surface area contributed by atoms with Gasteiger partial charge in [0.15, 0.2) is 18.1 Å². The van der Waals surface area contributed by atoms with E-state index >= 15 is 0 Å². The Morgan fingerprint density at radius 2 is 1.97 bits per heavy atom. The fourth-order valence-corrected chi connectivity index (χ4v) is 2.98. The second kappa shape index (κ2) is 8.52. The van der Waals surface area contributed by atoms with Gasteiger partial charge >= 0.3 is 11.9 Å². The van der Waals surface area contributed by atoms with Gasteiger partial charge in [0.25, 0.3) is 0 Å². The Kier molecular flexibility index (Phi) is 5.88. The number of ether oxygens (including phenoxy) is 3. The molecule has 2 aromatic heterocycles. The fraction of sp³-hybridized carbons (Fsp3) is 0.286. The smallest absolute Gasteiger partial charge is 0.340 e. The lowest BCUT2D eigenvalue weighted by Crippen LogP contribution is -2.18. The Labute approximate surface area is 166 Å². The topological polar surface area (TPSA) is 110 Å². The third kappa shape index (κ3) is 3.94. The van der Waals surface area contributed by atoms with Crippen molar-refractivity contribution in [3.63, 3.8) is 0 Å². The van der Waals surface area contributed by atoms with E-state index in [1.807, 2.05) is 30.3 Å². The number of rotatable bonds is 8. The number of hydrogen-bond acceptors (Lipinski definition) is 6. The number of carbonyl (C=O) groups excluding carboxylic acids is 1. The molecule has 0 bridgehead atoms. The Bertz CT molecular complexity index is 1110. The predicted octanol–water partition coefficient (Wildman–Crippen LogP) is 3.27. The molecule has 3 aromatic rings. The number of esters is 1. The molecule has 29 heavy (non-hydrogen) atoms. The Morgan fingerprint density at radius 3 is 2.66 bits per heavy atom. The van der Waals surface area contributed by atoms with E-state index in [1.54, 1.807) is 23.6 Å². The van der Waals surface area contributed by atoms with Crippen molar-refractivity contribution in [3.05, 3.63) is 42.1 Å². The average molecular weight is 396 g/mol. The summed E-state index contributed by atoms with van der Waals surface area (Å²) in [7, 11) is 0.